The molecule has 1 aliphatic carbocycles. The first-order chi connectivity index (χ1) is 18.1. The summed E-state index contributed by atoms with van der Waals surface area (Å²) < 4.78 is 3.68. The average Bonchev–Trinajstić information content (AvgIpc) is 3.45. The summed E-state index contributed by atoms with van der Waals surface area (Å²) in [5.74, 6) is 0.241. The summed E-state index contributed by atoms with van der Waals surface area (Å²) in [7, 11) is 0. The van der Waals surface area contributed by atoms with E-state index in [4.69, 9.17) is 0 Å². The van der Waals surface area contributed by atoms with Gasteiger partial charge in [-0.1, -0.05) is 53.4 Å². The molecule has 3 aromatic rings. The third-order valence-corrected chi connectivity index (χ3v) is 9.51. The second-order valence-electron chi connectivity index (χ2n) is 9.50. The molecule has 0 radical (unpaired) electrons. The maximum absolute atomic E-state index is 13.5. The van der Waals surface area contributed by atoms with Crippen LogP contribution in [0.1, 0.15) is 45.5 Å². The fraction of sp³-hybridized carbons (Fsp3) is 0.355. The molecule has 5 rings (SSSR count). The van der Waals surface area contributed by atoms with Crippen LogP contribution in [-0.2, 0) is 11.3 Å². The lowest BCUT2D eigenvalue weighted by atomic mass is 9.84. The Morgan fingerprint density at radius 2 is 1.78 bits per heavy atom. The minimum Gasteiger partial charge on any atom is -0.343 e. The van der Waals surface area contributed by atoms with E-state index >= 15 is 0 Å². The molecule has 2 heterocycles. The number of rotatable bonds is 7. The summed E-state index contributed by atoms with van der Waals surface area (Å²) in [6, 6.07) is 17.2. The van der Waals surface area contributed by atoms with Crippen LogP contribution in [0.2, 0.25) is 0 Å². The van der Waals surface area contributed by atoms with Gasteiger partial charge in [0.2, 0.25) is 11.4 Å². The Balaban J connectivity index is 1.55. The lowest BCUT2D eigenvalue weighted by Crippen LogP contribution is -2.37. The topological polar surface area (TPSA) is 27.4 Å². The molecule has 0 spiro atoms. The number of nitrogens with zero attached hydrogens (tertiary/aromatic N) is 3. The largest absolute Gasteiger partial charge is 0.343 e. The first-order valence-corrected chi connectivity index (χ1v) is 15.1. The Morgan fingerprint density at radius 1 is 1.03 bits per heavy atom. The van der Waals surface area contributed by atoms with Crippen molar-refractivity contribution in [2.75, 3.05) is 24.5 Å². The minimum absolute atomic E-state index is 0.0312. The molecule has 1 unspecified atom stereocenters. The van der Waals surface area contributed by atoms with Gasteiger partial charge in [-0.3, -0.25) is 4.79 Å². The summed E-state index contributed by atoms with van der Waals surface area (Å²) in [6.45, 7) is 11.9. The highest BCUT2D eigenvalue weighted by molar-refractivity contribution is 8.03. The molecule has 1 aromatic heterocycles. The first kappa shape index (κ1) is 25.8. The van der Waals surface area contributed by atoms with Crippen LogP contribution >= 0.6 is 23.1 Å². The summed E-state index contributed by atoms with van der Waals surface area (Å²) in [5.41, 5.74) is 5.03. The summed E-state index contributed by atoms with van der Waals surface area (Å²) in [5, 5.41) is 2.49. The van der Waals surface area contributed by atoms with Gasteiger partial charge in [-0.05, 0) is 76.0 Å². The van der Waals surface area contributed by atoms with Gasteiger partial charge in [0, 0.05) is 42.6 Å². The second-order valence-corrected chi connectivity index (χ2v) is 11.6. The number of anilines is 1. The molecule has 6 heteroatoms. The van der Waals surface area contributed by atoms with E-state index in [9.17, 15) is 4.79 Å². The maximum atomic E-state index is 13.5. The number of amides is 1. The standard InChI is InChI=1S/C31H36N3OS2/c1-5-32(6-2)31(35)24-18-22(20-29-33(7-3)25-13-9-11-15-27(25)36-29)17-23(19-24)21-30-34(8-4)26-14-10-12-16-28(26)37-30/h9-17,20-21,24H,5-8,18-19H2,1-4H3/q+1. The van der Waals surface area contributed by atoms with E-state index in [1.807, 2.05) is 28.0 Å². The highest BCUT2D eigenvalue weighted by Gasteiger charge is 2.30. The zero-order valence-corrected chi connectivity index (χ0v) is 23.9. The van der Waals surface area contributed by atoms with Gasteiger partial charge in [0.15, 0.2) is 0 Å². The van der Waals surface area contributed by atoms with Crippen LogP contribution in [0.5, 0.6) is 0 Å². The molecule has 1 amide bonds. The number of para-hydroxylation sites is 2. The maximum Gasteiger partial charge on any atom is 0.263 e. The van der Waals surface area contributed by atoms with E-state index in [2.05, 4.69) is 104 Å². The zero-order valence-electron chi connectivity index (χ0n) is 22.2. The number of aryl methyl sites for hydroxylation is 1. The predicted molar refractivity (Wildman–Crippen MR) is 158 cm³/mol. The highest BCUT2D eigenvalue weighted by atomic mass is 32.2. The van der Waals surface area contributed by atoms with Crippen molar-refractivity contribution < 1.29 is 9.36 Å². The van der Waals surface area contributed by atoms with Gasteiger partial charge in [0.25, 0.3) is 5.01 Å². The number of hydrogen-bond donors (Lipinski definition) is 0. The smallest absolute Gasteiger partial charge is 0.263 e. The monoisotopic (exact) mass is 530 g/mol. The number of carbonyl (C=O) groups is 1. The number of allylic oxidation sites excluding steroid dienone is 4. The van der Waals surface area contributed by atoms with Crippen molar-refractivity contribution in [1.82, 2.24) is 4.90 Å². The minimum atomic E-state index is -0.0312. The number of thioether (sulfide) groups is 1. The molecule has 0 saturated carbocycles. The van der Waals surface area contributed by atoms with Gasteiger partial charge in [-0.15, -0.1) is 0 Å². The summed E-state index contributed by atoms with van der Waals surface area (Å²) in [6.07, 6.45) is 8.54. The Kier molecular flexibility index (Phi) is 7.87. The Morgan fingerprint density at radius 3 is 2.54 bits per heavy atom. The van der Waals surface area contributed by atoms with Crippen molar-refractivity contribution in [2.24, 2.45) is 5.92 Å². The van der Waals surface area contributed by atoms with Gasteiger partial charge < -0.3 is 9.80 Å². The molecule has 0 N–H and O–H groups in total. The second kappa shape index (κ2) is 11.3. The number of carbonyl (C=O) groups excluding carboxylic acids is 1. The molecule has 0 bridgehead atoms. The molecular weight excluding hydrogens is 494 g/mol. The molecule has 0 saturated heterocycles. The van der Waals surface area contributed by atoms with E-state index < -0.39 is 0 Å². The van der Waals surface area contributed by atoms with Crippen molar-refractivity contribution in [3.63, 3.8) is 0 Å². The van der Waals surface area contributed by atoms with Crippen LogP contribution in [0.3, 0.4) is 0 Å². The van der Waals surface area contributed by atoms with E-state index in [1.165, 1.54) is 42.0 Å². The molecule has 2 aliphatic rings. The van der Waals surface area contributed by atoms with Crippen molar-refractivity contribution in [3.05, 3.63) is 81.9 Å². The van der Waals surface area contributed by atoms with Gasteiger partial charge in [-0.25, -0.2) is 0 Å². The molecule has 0 fully saturated rings. The molecule has 1 aliphatic heterocycles. The molecule has 37 heavy (non-hydrogen) atoms. The normalized spacial score (nSPS) is 19.5. The van der Waals surface area contributed by atoms with E-state index in [0.29, 0.717) is 0 Å². The Hall–Kier alpha value is -2.83. The summed E-state index contributed by atoms with van der Waals surface area (Å²) >= 11 is 3.66. The molecule has 1 atom stereocenters. The zero-order chi connectivity index (χ0) is 25.9. The van der Waals surface area contributed by atoms with Gasteiger partial charge in [0.1, 0.15) is 11.2 Å². The Bertz CT molecular complexity index is 1400. The van der Waals surface area contributed by atoms with Crippen molar-refractivity contribution >= 4 is 51.0 Å². The molecule has 4 nitrogen and oxygen atoms in total. The van der Waals surface area contributed by atoms with Crippen LogP contribution in [0.15, 0.2) is 81.8 Å². The fourth-order valence-corrected chi connectivity index (χ4v) is 7.86. The van der Waals surface area contributed by atoms with Gasteiger partial charge in [0.05, 0.1) is 10.7 Å². The quantitative estimate of drug-likeness (QED) is 0.301. The molecule has 2 aromatic carbocycles. The number of hydrogen-bond acceptors (Lipinski definition) is 4. The van der Waals surface area contributed by atoms with Crippen LogP contribution in [0.4, 0.5) is 5.69 Å². The lowest BCUT2D eigenvalue weighted by Gasteiger charge is -2.29. The van der Waals surface area contributed by atoms with Crippen molar-refractivity contribution in [3.8, 4) is 0 Å². The highest BCUT2D eigenvalue weighted by Crippen LogP contribution is 2.46. The van der Waals surface area contributed by atoms with Crippen LogP contribution in [0, 0.1) is 5.92 Å². The molecule has 192 valence electrons. The lowest BCUT2D eigenvalue weighted by molar-refractivity contribution is -0.665. The number of thiazole rings is 1. The summed E-state index contributed by atoms with van der Waals surface area (Å²) in [4.78, 5) is 19.2. The van der Waals surface area contributed by atoms with Gasteiger partial charge in [-0.2, -0.15) is 4.57 Å². The van der Waals surface area contributed by atoms with Crippen LogP contribution in [-0.4, -0.2) is 30.4 Å². The van der Waals surface area contributed by atoms with Crippen LogP contribution in [0.25, 0.3) is 16.3 Å². The number of benzene rings is 2. The third-order valence-electron chi connectivity index (χ3n) is 7.28. The van der Waals surface area contributed by atoms with Crippen molar-refractivity contribution in [1.29, 1.82) is 0 Å². The van der Waals surface area contributed by atoms with E-state index in [0.717, 1.165) is 39.0 Å². The number of aromatic nitrogens is 1. The third kappa shape index (κ3) is 5.14. The van der Waals surface area contributed by atoms with E-state index in [1.54, 1.807) is 0 Å². The van der Waals surface area contributed by atoms with Crippen LogP contribution < -0.4 is 9.47 Å². The van der Waals surface area contributed by atoms with Gasteiger partial charge >= 0.3 is 0 Å². The first-order valence-electron chi connectivity index (χ1n) is 13.4. The average molecular weight is 531 g/mol. The number of fused-ring (bicyclic) bond motifs is 2. The van der Waals surface area contributed by atoms with E-state index in [-0.39, 0.29) is 11.8 Å². The Labute approximate surface area is 229 Å². The van der Waals surface area contributed by atoms with Crippen molar-refractivity contribution in [2.45, 2.75) is 52.0 Å². The SMILES string of the molecule is CCN(CC)C(=O)C1CC(C=C2Sc3ccccc3N2CC)=CC(=Cc2sc3ccccc3[n+]2CC)C1. The fourth-order valence-electron chi connectivity index (χ4n) is 5.46. The molecular formula is C31H36N3OS2+. The predicted octanol–water partition coefficient (Wildman–Crippen LogP) is 7.27.